The van der Waals surface area contributed by atoms with Crippen LogP contribution in [0.2, 0.25) is 0 Å². The van der Waals surface area contributed by atoms with Crippen molar-refractivity contribution < 1.29 is 9.53 Å². The molecule has 2 rings (SSSR count). The third kappa shape index (κ3) is 8.88. The molecule has 5 nitrogen and oxygen atoms in total. The van der Waals surface area contributed by atoms with Crippen molar-refractivity contribution in [2.24, 2.45) is 5.73 Å². The van der Waals surface area contributed by atoms with E-state index in [0.29, 0.717) is 6.54 Å². The Morgan fingerprint density at radius 2 is 1.76 bits per heavy atom. The maximum absolute atomic E-state index is 11.9. The van der Waals surface area contributed by atoms with Gasteiger partial charge in [0.2, 0.25) is 5.91 Å². The first kappa shape index (κ1) is 24.1. The van der Waals surface area contributed by atoms with Gasteiger partial charge in [0.15, 0.2) is 0 Å². The maximum Gasteiger partial charge on any atom is 0.227 e. The number of hydrogen-bond acceptors (Lipinski definition) is 4. The average molecular weight is 392 g/mol. The average Bonchev–Trinajstić information content (AvgIpc) is 2.83. The van der Waals surface area contributed by atoms with Crippen molar-refractivity contribution in [3.8, 4) is 0 Å². The molecule has 1 saturated heterocycles. The Balaban J connectivity index is 0.00000288. The molecule has 1 amide bonds. The lowest BCUT2D eigenvalue weighted by molar-refractivity contribution is -0.118. The second-order valence-electron chi connectivity index (χ2n) is 6.23. The SMILES string of the molecule is COC(CN)CC(=O)Nc1ccc(CN2CCCCCC2)cc1.Cl.Cl. The number of benzene rings is 1. The first-order valence-electron chi connectivity index (χ1n) is 8.55. The van der Waals surface area contributed by atoms with Gasteiger partial charge >= 0.3 is 0 Å². The molecule has 1 unspecified atom stereocenters. The summed E-state index contributed by atoms with van der Waals surface area (Å²) in [7, 11) is 1.57. The smallest absolute Gasteiger partial charge is 0.227 e. The lowest BCUT2D eigenvalue weighted by Crippen LogP contribution is -2.28. The molecule has 25 heavy (non-hydrogen) atoms. The quantitative estimate of drug-likeness (QED) is 0.748. The van der Waals surface area contributed by atoms with Crippen LogP contribution in [0.4, 0.5) is 5.69 Å². The number of hydrogen-bond donors (Lipinski definition) is 2. The lowest BCUT2D eigenvalue weighted by Gasteiger charge is -2.20. The molecule has 0 aromatic heterocycles. The molecule has 1 atom stereocenters. The van der Waals surface area contributed by atoms with Crippen LogP contribution in [0, 0.1) is 0 Å². The first-order chi connectivity index (χ1) is 11.2. The summed E-state index contributed by atoms with van der Waals surface area (Å²) in [6.45, 7) is 3.72. The van der Waals surface area contributed by atoms with Gasteiger partial charge in [0, 0.05) is 25.9 Å². The second kappa shape index (κ2) is 13.4. The van der Waals surface area contributed by atoms with E-state index in [1.807, 2.05) is 12.1 Å². The normalized spacial score (nSPS) is 16.1. The summed E-state index contributed by atoms with van der Waals surface area (Å²) in [6.07, 6.45) is 5.37. The molecule has 0 radical (unpaired) electrons. The van der Waals surface area contributed by atoms with E-state index in [2.05, 4.69) is 22.3 Å². The molecular weight excluding hydrogens is 361 g/mol. The summed E-state index contributed by atoms with van der Waals surface area (Å²) in [6, 6.07) is 8.12. The third-order valence-corrected chi connectivity index (χ3v) is 4.35. The van der Waals surface area contributed by atoms with Crippen LogP contribution in [-0.4, -0.2) is 43.7 Å². The molecule has 1 aromatic carbocycles. The molecule has 0 spiro atoms. The van der Waals surface area contributed by atoms with Crippen molar-refractivity contribution in [1.82, 2.24) is 4.90 Å². The van der Waals surface area contributed by atoms with Gasteiger partial charge in [-0.2, -0.15) is 0 Å². The van der Waals surface area contributed by atoms with E-state index in [0.717, 1.165) is 12.2 Å². The molecule has 144 valence electrons. The fourth-order valence-corrected chi connectivity index (χ4v) is 2.93. The fraction of sp³-hybridized carbons (Fsp3) is 0.611. The Kier molecular flexibility index (Phi) is 12.9. The Bertz CT molecular complexity index is 474. The molecule has 1 heterocycles. The van der Waals surface area contributed by atoms with E-state index in [-0.39, 0.29) is 43.2 Å². The van der Waals surface area contributed by atoms with E-state index >= 15 is 0 Å². The number of ether oxygens (including phenoxy) is 1. The van der Waals surface area contributed by atoms with Gasteiger partial charge in [0.1, 0.15) is 0 Å². The predicted molar refractivity (Wildman–Crippen MR) is 108 cm³/mol. The Morgan fingerprint density at radius 1 is 1.16 bits per heavy atom. The zero-order valence-corrected chi connectivity index (χ0v) is 16.5. The van der Waals surface area contributed by atoms with Crippen LogP contribution in [0.3, 0.4) is 0 Å². The van der Waals surface area contributed by atoms with Gasteiger partial charge in [-0.05, 0) is 43.6 Å². The van der Waals surface area contributed by atoms with E-state index in [4.69, 9.17) is 10.5 Å². The van der Waals surface area contributed by atoms with Crippen molar-refractivity contribution in [2.45, 2.75) is 44.8 Å². The van der Waals surface area contributed by atoms with Gasteiger partial charge in [0.25, 0.3) is 0 Å². The number of nitrogens with two attached hydrogens (primary N) is 1. The van der Waals surface area contributed by atoms with E-state index in [9.17, 15) is 4.79 Å². The largest absolute Gasteiger partial charge is 0.380 e. The minimum absolute atomic E-state index is 0. The van der Waals surface area contributed by atoms with Crippen LogP contribution in [0.15, 0.2) is 24.3 Å². The highest BCUT2D eigenvalue weighted by molar-refractivity contribution is 5.91. The van der Waals surface area contributed by atoms with Crippen molar-refractivity contribution >= 4 is 36.4 Å². The molecule has 7 heteroatoms. The number of nitrogens with zero attached hydrogens (tertiary/aromatic N) is 1. The number of carbonyl (C=O) groups is 1. The molecule has 0 bridgehead atoms. The van der Waals surface area contributed by atoms with Crippen molar-refractivity contribution in [1.29, 1.82) is 0 Å². The molecule has 1 aliphatic rings. The minimum atomic E-state index is -0.225. The highest BCUT2D eigenvalue weighted by atomic mass is 35.5. The summed E-state index contributed by atoms with van der Waals surface area (Å²) in [4.78, 5) is 14.4. The Labute approximate surface area is 163 Å². The van der Waals surface area contributed by atoms with Crippen molar-refractivity contribution in [2.75, 3.05) is 32.1 Å². The summed E-state index contributed by atoms with van der Waals surface area (Å²) in [5, 5.41) is 2.89. The summed E-state index contributed by atoms with van der Waals surface area (Å²) >= 11 is 0. The number of nitrogens with one attached hydrogen (secondary N) is 1. The van der Waals surface area contributed by atoms with Gasteiger partial charge in [0.05, 0.1) is 12.5 Å². The third-order valence-electron chi connectivity index (χ3n) is 4.35. The summed E-state index contributed by atoms with van der Waals surface area (Å²) in [5.41, 5.74) is 7.65. The molecule has 0 aliphatic carbocycles. The number of anilines is 1. The van der Waals surface area contributed by atoms with E-state index < -0.39 is 0 Å². The van der Waals surface area contributed by atoms with Crippen LogP contribution in [-0.2, 0) is 16.1 Å². The zero-order chi connectivity index (χ0) is 16.5. The Morgan fingerprint density at radius 3 is 2.28 bits per heavy atom. The molecule has 1 aromatic rings. The maximum atomic E-state index is 11.9. The highest BCUT2D eigenvalue weighted by Crippen LogP contribution is 2.15. The van der Waals surface area contributed by atoms with Crippen LogP contribution in [0.1, 0.15) is 37.7 Å². The van der Waals surface area contributed by atoms with Gasteiger partial charge in [-0.15, -0.1) is 24.8 Å². The number of halogens is 2. The zero-order valence-electron chi connectivity index (χ0n) is 14.9. The highest BCUT2D eigenvalue weighted by Gasteiger charge is 2.12. The minimum Gasteiger partial charge on any atom is -0.380 e. The monoisotopic (exact) mass is 391 g/mol. The van der Waals surface area contributed by atoms with Crippen LogP contribution >= 0.6 is 24.8 Å². The molecule has 1 aliphatic heterocycles. The molecular formula is C18H31Cl2N3O2. The number of rotatable bonds is 7. The van der Waals surface area contributed by atoms with Crippen molar-refractivity contribution in [3.05, 3.63) is 29.8 Å². The van der Waals surface area contributed by atoms with Gasteiger partial charge in [-0.3, -0.25) is 9.69 Å². The number of amides is 1. The molecule has 0 saturated carbocycles. The van der Waals surface area contributed by atoms with Crippen molar-refractivity contribution in [3.63, 3.8) is 0 Å². The standard InChI is InChI=1S/C18H29N3O2.2ClH/c1-23-17(13-19)12-18(22)20-16-8-6-15(7-9-16)14-21-10-4-2-3-5-11-21;;/h6-9,17H,2-5,10-14,19H2,1H3,(H,20,22);2*1H. The van der Waals surface area contributed by atoms with E-state index in [1.54, 1.807) is 7.11 Å². The van der Waals surface area contributed by atoms with Crippen LogP contribution in [0.25, 0.3) is 0 Å². The van der Waals surface area contributed by atoms with Gasteiger partial charge < -0.3 is 15.8 Å². The molecule has 3 N–H and O–H groups in total. The Hall–Kier alpha value is -0.850. The summed E-state index contributed by atoms with van der Waals surface area (Å²) in [5.74, 6) is -0.0671. The fourth-order valence-electron chi connectivity index (χ4n) is 2.93. The van der Waals surface area contributed by atoms with Gasteiger partial charge in [-0.25, -0.2) is 0 Å². The topological polar surface area (TPSA) is 67.6 Å². The predicted octanol–water partition coefficient (Wildman–Crippen LogP) is 3.21. The number of likely N-dealkylation sites (tertiary alicyclic amines) is 1. The lowest BCUT2D eigenvalue weighted by atomic mass is 10.1. The van der Waals surface area contributed by atoms with Crippen LogP contribution < -0.4 is 11.1 Å². The van der Waals surface area contributed by atoms with Gasteiger partial charge in [-0.1, -0.05) is 25.0 Å². The van der Waals surface area contributed by atoms with Crippen LogP contribution in [0.5, 0.6) is 0 Å². The number of carbonyl (C=O) groups excluding carboxylic acids is 1. The van der Waals surface area contributed by atoms with E-state index in [1.165, 1.54) is 44.3 Å². The summed E-state index contributed by atoms with van der Waals surface area (Å²) < 4.78 is 5.13. The molecule has 1 fully saturated rings. The first-order valence-corrected chi connectivity index (χ1v) is 8.55. The number of methoxy groups -OCH3 is 1. The second-order valence-corrected chi connectivity index (χ2v) is 6.23.